The lowest BCUT2D eigenvalue weighted by Crippen LogP contribution is -2.23. The highest BCUT2D eigenvalue weighted by Crippen LogP contribution is 2.26. The van der Waals surface area contributed by atoms with Gasteiger partial charge in [0, 0.05) is 6.54 Å². The predicted molar refractivity (Wildman–Crippen MR) is 73.7 cm³/mol. The first kappa shape index (κ1) is 13.3. The smallest absolute Gasteiger partial charge is 0.138 e. The van der Waals surface area contributed by atoms with Crippen LogP contribution in [0.4, 0.5) is 0 Å². The van der Waals surface area contributed by atoms with Gasteiger partial charge in [0.1, 0.15) is 5.75 Å². The third-order valence-corrected chi connectivity index (χ3v) is 3.62. The van der Waals surface area contributed by atoms with Crippen LogP contribution in [-0.4, -0.2) is 17.6 Å². The fourth-order valence-electron chi connectivity index (χ4n) is 2.38. The Balaban J connectivity index is 1.82. The van der Waals surface area contributed by atoms with Crippen LogP contribution in [-0.2, 0) is 6.54 Å². The topological polar surface area (TPSA) is 34.1 Å². The average Bonchev–Trinajstić information content (AvgIpc) is 2.41. The first-order valence-corrected chi connectivity index (χ1v) is 7.10. The zero-order chi connectivity index (χ0) is 12.8. The number of nitrogens with zero attached hydrogens (tertiary/aromatic N) is 1. The lowest BCUT2D eigenvalue weighted by atomic mass is 9.89. The maximum Gasteiger partial charge on any atom is 0.138 e. The van der Waals surface area contributed by atoms with Crippen LogP contribution in [0.2, 0.25) is 0 Å². The molecule has 0 bridgehead atoms. The molecule has 0 spiro atoms. The Morgan fingerprint density at radius 1 is 1.28 bits per heavy atom. The van der Waals surface area contributed by atoms with Crippen LogP contribution in [0.25, 0.3) is 0 Å². The minimum atomic E-state index is 0.391. The number of rotatable bonds is 5. The van der Waals surface area contributed by atoms with Crippen molar-refractivity contribution < 1.29 is 4.74 Å². The van der Waals surface area contributed by atoms with Crippen molar-refractivity contribution in [1.82, 2.24) is 10.3 Å². The molecule has 100 valence electrons. The fraction of sp³-hybridized carbons (Fsp3) is 0.667. The number of hydrogen-bond acceptors (Lipinski definition) is 3. The molecule has 1 aliphatic carbocycles. The largest absolute Gasteiger partial charge is 0.489 e. The van der Waals surface area contributed by atoms with E-state index < -0.39 is 0 Å². The molecular weight excluding hydrogens is 224 g/mol. The van der Waals surface area contributed by atoms with Gasteiger partial charge in [-0.05, 0) is 50.3 Å². The van der Waals surface area contributed by atoms with Gasteiger partial charge in [0.05, 0.1) is 18.0 Å². The maximum atomic E-state index is 5.98. The zero-order valence-electron chi connectivity index (χ0n) is 11.5. The second kappa shape index (κ2) is 6.74. The van der Waals surface area contributed by atoms with Gasteiger partial charge in [-0.2, -0.15) is 0 Å². The zero-order valence-corrected chi connectivity index (χ0v) is 11.5. The highest BCUT2D eigenvalue weighted by atomic mass is 16.5. The molecule has 1 N–H and O–H groups in total. The number of nitrogens with one attached hydrogen (secondary N) is 1. The van der Waals surface area contributed by atoms with Gasteiger partial charge in [-0.25, -0.2) is 0 Å². The Hall–Kier alpha value is -1.09. The van der Waals surface area contributed by atoms with Gasteiger partial charge in [0.15, 0.2) is 0 Å². The summed E-state index contributed by atoms with van der Waals surface area (Å²) in [4.78, 5) is 4.41. The molecule has 0 amide bonds. The Morgan fingerprint density at radius 3 is 2.67 bits per heavy atom. The summed E-state index contributed by atoms with van der Waals surface area (Å²) >= 11 is 0. The van der Waals surface area contributed by atoms with E-state index in [1.165, 1.54) is 25.7 Å². The average molecular weight is 248 g/mol. The van der Waals surface area contributed by atoms with Crippen LogP contribution in [0.1, 0.15) is 45.2 Å². The molecule has 3 heteroatoms. The second-order valence-electron chi connectivity index (χ2n) is 5.27. The Bertz CT molecular complexity index is 342. The molecule has 0 atom stereocenters. The number of ether oxygens (including phenoxy) is 1. The van der Waals surface area contributed by atoms with Gasteiger partial charge in [-0.1, -0.05) is 13.8 Å². The molecule has 1 aromatic heterocycles. The molecule has 1 aromatic rings. The Labute approximate surface area is 110 Å². The fourth-order valence-corrected chi connectivity index (χ4v) is 2.38. The van der Waals surface area contributed by atoms with Crippen molar-refractivity contribution in [2.24, 2.45) is 5.92 Å². The SMILES string of the molecule is CCNCc1ccc(OC2CCC(C)CC2)cn1. The normalized spacial score (nSPS) is 23.9. The second-order valence-corrected chi connectivity index (χ2v) is 5.27. The van der Waals surface area contributed by atoms with Gasteiger partial charge in [-0.3, -0.25) is 4.98 Å². The number of hydrogen-bond donors (Lipinski definition) is 1. The first-order valence-electron chi connectivity index (χ1n) is 7.10. The van der Waals surface area contributed by atoms with Crippen molar-refractivity contribution in [3.8, 4) is 5.75 Å². The molecule has 0 aromatic carbocycles. The molecular formula is C15H24N2O. The minimum Gasteiger partial charge on any atom is -0.489 e. The lowest BCUT2D eigenvalue weighted by Gasteiger charge is -2.26. The quantitative estimate of drug-likeness (QED) is 0.869. The minimum absolute atomic E-state index is 0.391. The molecule has 1 saturated carbocycles. The monoisotopic (exact) mass is 248 g/mol. The number of pyridine rings is 1. The molecule has 3 nitrogen and oxygen atoms in total. The van der Waals surface area contributed by atoms with Crippen molar-refractivity contribution >= 4 is 0 Å². The van der Waals surface area contributed by atoms with Gasteiger partial charge in [0.2, 0.25) is 0 Å². The van der Waals surface area contributed by atoms with Crippen LogP contribution in [0, 0.1) is 5.92 Å². The third-order valence-electron chi connectivity index (χ3n) is 3.62. The summed E-state index contributed by atoms with van der Waals surface area (Å²) in [5, 5.41) is 3.27. The van der Waals surface area contributed by atoms with E-state index in [9.17, 15) is 0 Å². The standard InChI is InChI=1S/C15H24N2O/c1-3-16-10-13-6-9-15(11-17-13)18-14-7-4-12(2)5-8-14/h6,9,11-12,14,16H,3-5,7-8,10H2,1-2H3. The summed E-state index contributed by atoms with van der Waals surface area (Å²) in [5.41, 5.74) is 1.07. The van der Waals surface area contributed by atoms with Crippen LogP contribution in [0.5, 0.6) is 5.75 Å². The summed E-state index contributed by atoms with van der Waals surface area (Å²) in [7, 11) is 0. The van der Waals surface area contributed by atoms with Gasteiger partial charge >= 0.3 is 0 Å². The van der Waals surface area contributed by atoms with Crippen molar-refractivity contribution in [2.75, 3.05) is 6.54 Å². The third kappa shape index (κ3) is 3.98. The Kier molecular flexibility index (Phi) is 5.00. The Morgan fingerprint density at radius 2 is 2.06 bits per heavy atom. The molecule has 0 saturated heterocycles. The van der Waals surface area contributed by atoms with Gasteiger partial charge in [0.25, 0.3) is 0 Å². The molecule has 0 unspecified atom stereocenters. The van der Waals surface area contributed by atoms with E-state index in [1.54, 1.807) is 0 Å². The summed E-state index contributed by atoms with van der Waals surface area (Å²) < 4.78 is 5.98. The van der Waals surface area contributed by atoms with E-state index in [-0.39, 0.29) is 0 Å². The highest BCUT2D eigenvalue weighted by molar-refractivity contribution is 5.20. The highest BCUT2D eigenvalue weighted by Gasteiger charge is 2.19. The van der Waals surface area contributed by atoms with Crippen LogP contribution in [0.3, 0.4) is 0 Å². The van der Waals surface area contributed by atoms with Crippen LogP contribution < -0.4 is 10.1 Å². The first-order chi connectivity index (χ1) is 8.78. The number of aromatic nitrogens is 1. The molecule has 1 aliphatic rings. The molecule has 0 aliphatic heterocycles. The maximum absolute atomic E-state index is 5.98. The summed E-state index contributed by atoms with van der Waals surface area (Å²) in [6.07, 6.45) is 7.18. The van der Waals surface area contributed by atoms with Crippen molar-refractivity contribution in [1.29, 1.82) is 0 Å². The van der Waals surface area contributed by atoms with Crippen LogP contribution >= 0.6 is 0 Å². The van der Waals surface area contributed by atoms with Crippen molar-refractivity contribution in [3.05, 3.63) is 24.0 Å². The van der Waals surface area contributed by atoms with E-state index in [0.29, 0.717) is 6.10 Å². The predicted octanol–water partition coefficient (Wildman–Crippen LogP) is 3.15. The van der Waals surface area contributed by atoms with Gasteiger partial charge in [-0.15, -0.1) is 0 Å². The summed E-state index contributed by atoms with van der Waals surface area (Å²) in [6.45, 7) is 6.23. The molecule has 0 radical (unpaired) electrons. The molecule has 18 heavy (non-hydrogen) atoms. The van der Waals surface area contributed by atoms with Gasteiger partial charge < -0.3 is 10.1 Å². The van der Waals surface area contributed by atoms with E-state index >= 15 is 0 Å². The summed E-state index contributed by atoms with van der Waals surface area (Å²) in [5.74, 6) is 1.78. The van der Waals surface area contributed by atoms with Crippen molar-refractivity contribution in [2.45, 2.75) is 52.2 Å². The van der Waals surface area contributed by atoms with E-state index in [4.69, 9.17) is 4.74 Å². The van der Waals surface area contributed by atoms with Crippen LogP contribution in [0.15, 0.2) is 18.3 Å². The van der Waals surface area contributed by atoms with E-state index in [2.05, 4.69) is 24.1 Å². The van der Waals surface area contributed by atoms with E-state index in [0.717, 1.165) is 30.5 Å². The molecule has 2 rings (SSSR count). The molecule has 1 heterocycles. The van der Waals surface area contributed by atoms with Crippen molar-refractivity contribution in [3.63, 3.8) is 0 Å². The van der Waals surface area contributed by atoms with E-state index in [1.807, 2.05) is 18.3 Å². The molecule has 1 fully saturated rings. The summed E-state index contributed by atoms with van der Waals surface area (Å²) in [6, 6.07) is 4.08. The lowest BCUT2D eigenvalue weighted by molar-refractivity contribution is 0.135.